The Morgan fingerprint density at radius 2 is 1.45 bits per heavy atom. The number of aryl methyl sites for hydroxylation is 1. The van der Waals surface area contributed by atoms with Crippen molar-refractivity contribution in [3.05, 3.63) is 24.4 Å². The van der Waals surface area contributed by atoms with Crippen LogP contribution in [0.25, 0.3) is 22.2 Å². The minimum atomic E-state index is -4.40. The number of nitrogens with two attached hydrogens (primary N) is 1. The van der Waals surface area contributed by atoms with Crippen LogP contribution in [-0.2, 0) is 56.7 Å². The summed E-state index contributed by atoms with van der Waals surface area (Å²) in [7, 11) is -6.85. The highest BCUT2D eigenvalue weighted by Crippen LogP contribution is 2.61. The molecule has 8 heterocycles. The Balaban J connectivity index is 1.16. The van der Waals surface area contributed by atoms with Crippen LogP contribution < -0.4 is 16.4 Å². The molecule has 21 nitrogen and oxygen atoms in total. The van der Waals surface area contributed by atoms with Gasteiger partial charge in [-0.1, -0.05) is 99.9 Å². The standard InChI is InChI=1S/C45H78N10O11P2S2Si3/c1-43(2,3)71(10,11)26-58-32-28-22-59-67(56,69)64-33-29(63-41(35(33)66-73(14,15)45(7,8)9)54-21-27-17-16-18-47-36-30(27)38(54)50-24-49-36)23-60-68(57,70)65-34(32)40(62-28)55-25-51-31-37(52-42(46)53-39(31)55)48-19-20-61-72(12,13)44(4,5)6/h21,24-25,28-29,32-35,40-41H,16-20,22-23,26H2,1-15H3,(H,56,69)(H,57,70)(H,47,49,50)(H3,46,48,52,53)/t28-,29-,32-,33-,34-,35-,40-,41-,67?,68?/m1/s1. The first-order chi connectivity index (χ1) is 33.7. The van der Waals surface area contributed by atoms with Crippen LogP contribution in [0.15, 0.2) is 18.9 Å². The van der Waals surface area contributed by atoms with Gasteiger partial charge < -0.3 is 44.0 Å². The molecule has 408 valence electrons. The molecule has 4 aromatic heterocycles. The van der Waals surface area contributed by atoms with E-state index in [-0.39, 0.29) is 27.7 Å². The molecule has 3 fully saturated rings. The van der Waals surface area contributed by atoms with E-state index >= 15 is 0 Å². The van der Waals surface area contributed by atoms with E-state index < -0.39 is 94.0 Å². The van der Waals surface area contributed by atoms with Crippen molar-refractivity contribution < 1.29 is 50.3 Å². The Hall–Kier alpha value is -1.98. The van der Waals surface area contributed by atoms with Crippen LogP contribution in [0, 0.1) is 0 Å². The number of thiol groups is 2. The third-order valence-electron chi connectivity index (χ3n) is 16.0. The Morgan fingerprint density at radius 3 is 2.11 bits per heavy atom. The van der Waals surface area contributed by atoms with Crippen molar-refractivity contribution in [2.24, 2.45) is 0 Å². The Bertz CT molecular complexity index is 2750. The molecule has 73 heavy (non-hydrogen) atoms. The van der Waals surface area contributed by atoms with Crippen LogP contribution in [0.5, 0.6) is 0 Å². The number of imidazole rings is 1. The fourth-order valence-electron chi connectivity index (χ4n) is 8.54. The molecule has 0 aromatic carbocycles. The molecular weight excluding hydrogens is 1070 g/mol. The van der Waals surface area contributed by atoms with E-state index in [9.17, 15) is 9.13 Å². The van der Waals surface area contributed by atoms with Crippen LogP contribution in [0.1, 0.15) is 86.8 Å². The van der Waals surface area contributed by atoms with Crippen molar-refractivity contribution in [2.45, 2.75) is 179 Å². The van der Waals surface area contributed by atoms with Crippen LogP contribution >= 0.6 is 38.1 Å². The van der Waals surface area contributed by atoms with Gasteiger partial charge in [-0.3, -0.25) is 22.7 Å². The van der Waals surface area contributed by atoms with Crippen molar-refractivity contribution in [3.8, 4) is 0 Å². The number of hydrogen-bond acceptors (Lipinski definition) is 19. The van der Waals surface area contributed by atoms with Gasteiger partial charge in [0.25, 0.3) is 0 Å². The number of hydrogen-bond donors (Lipinski definition) is 5. The number of rotatable bonds is 12. The molecule has 8 rings (SSSR count). The minimum absolute atomic E-state index is 0.0289. The van der Waals surface area contributed by atoms with E-state index in [0.29, 0.717) is 42.0 Å². The zero-order valence-electron chi connectivity index (χ0n) is 45.0. The molecule has 4 aliphatic heterocycles. The van der Waals surface area contributed by atoms with Crippen molar-refractivity contribution in [2.75, 3.05) is 55.5 Å². The number of fused-ring (bicyclic) bond motifs is 4. The van der Waals surface area contributed by atoms with E-state index in [1.807, 2.05) is 10.8 Å². The molecule has 0 saturated carbocycles. The van der Waals surface area contributed by atoms with E-state index in [4.69, 9.17) is 56.9 Å². The molecule has 3 saturated heterocycles. The molecule has 4 aromatic rings. The highest BCUT2D eigenvalue weighted by molar-refractivity contribution is 8.44. The monoisotopic (exact) mass is 1140 g/mol. The zero-order chi connectivity index (χ0) is 53.5. The highest BCUT2D eigenvalue weighted by Gasteiger charge is 2.57. The second-order valence-electron chi connectivity index (χ2n) is 24.4. The third-order valence-corrected chi connectivity index (χ3v) is 33.2. The first kappa shape index (κ1) is 57.2. The predicted octanol–water partition coefficient (Wildman–Crippen LogP) is 10.2. The van der Waals surface area contributed by atoms with Gasteiger partial charge in [0, 0.05) is 25.5 Å². The maximum absolute atomic E-state index is 15.0. The number of nitrogens with one attached hydrogen (secondary N) is 2. The zero-order valence-corrected chi connectivity index (χ0v) is 51.6. The van der Waals surface area contributed by atoms with Crippen LogP contribution in [-0.4, -0.2) is 135 Å². The molecule has 0 aliphatic carbocycles. The molecule has 0 spiro atoms. The molecule has 4 N–H and O–H groups in total. The van der Waals surface area contributed by atoms with Crippen molar-refractivity contribution in [1.29, 1.82) is 0 Å². The number of nitrogen functional groups attached to an aromatic ring is 1. The van der Waals surface area contributed by atoms with Gasteiger partial charge in [0.15, 0.2) is 46.1 Å². The molecule has 0 radical (unpaired) electrons. The quantitative estimate of drug-likeness (QED) is 0.0383. The average Bonchev–Trinajstić information content (AvgIpc) is 3.98. The molecule has 0 amide bonds. The summed E-state index contributed by atoms with van der Waals surface area (Å²) >= 11 is 9.25. The normalized spacial score (nSPS) is 30.1. The van der Waals surface area contributed by atoms with Gasteiger partial charge in [0.1, 0.15) is 54.4 Å². The van der Waals surface area contributed by atoms with Gasteiger partial charge in [0.05, 0.1) is 39.6 Å². The summed E-state index contributed by atoms with van der Waals surface area (Å²) in [4.78, 5) is 23.1. The summed E-state index contributed by atoms with van der Waals surface area (Å²) in [6.07, 6.45) is -1.29. The summed E-state index contributed by atoms with van der Waals surface area (Å²) in [5, 5.41) is 7.33. The van der Waals surface area contributed by atoms with E-state index in [2.05, 4.69) is 152 Å². The number of nitrogens with zero attached hydrogens (tertiary/aromatic N) is 7. The summed E-state index contributed by atoms with van der Waals surface area (Å²) in [5.41, 5.74) is 8.71. The minimum Gasteiger partial charge on any atom is -0.415 e. The first-order valence-electron chi connectivity index (χ1n) is 25.1. The summed E-state index contributed by atoms with van der Waals surface area (Å²) < 4.78 is 93.4. The van der Waals surface area contributed by atoms with Crippen molar-refractivity contribution >= 4 is 103 Å². The first-order valence-corrected chi connectivity index (χ1v) is 39.5. The lowest BCUT2D eigenvalue weighted by Crippen LogP contribution is -2.49. The second-order valence-corrected chi connectivity index (χ2v) is 45.2. The summed E-state index contributed by atoms with van der Waals surface area (Å²) in [6, 6.07) is 0. The molecular formula is C45H78N10O11P2S2Si3. The van der Waals surface area contributed by atoms with Crippen LogP contribution in [0.4, 0.5) is 17.6 Å². The summed E-state index contributed by atoms with van der Waals surface area (Å²) in [6.45, 7) is 24.7. The summed E-state index contributed by atoms with van der Waals surface area (Å²) in [5.74, 6) is 1.08. The SMILES string of the molecule is CC(C)(C)[Si](C)(C)CO[C@H]1[C@H]2OP(=O)(S)OC[C@H]3O[C@@H](n4cc5c6c(ncnc64)NCCC5)[C@H](O[Si](C)(C)C(C)(C)C)[C@@H]3OP(=O)(S)OC[C@H]1O[C@H]2n1cnc2c(NCCO[Si](C)(C)C(C)(C)C)nc(N)nc21. The Morgan fingerprint density at radius 1 is 0.808 bits per heavy atom. The van der Waals surface area contributed by atoms with Crippen molar-refractivity contribution in [1.82, 2.24) is 34.1 Å². The Labute approximate surface area is 443 Å². The largest absolute Gasteiger partial charge is 0.415 e. The lowest BCUT2D eigenvalue weighted by molar-refractivity contribution is -0.0583. The smallest absolute Gasteiger partial charge is 0.386 e. The lowest BCUT2D eigenvalue weighted by atomic mass is 10.1. The highest BCUT2D eigenvalue weighted by atomic mass is 32.7. The maximum Gasteiger partial charge on any atom is 0.386 e. The van der Waals surface area contributed by atoms with Gasteiger partial charge in [-0.15, -0.1) is 0 Å². The fourth-order valence-corrected chi connectivity index (χ4v) is 14.9. The second kappa shape index (κ2) is 20.7. The predicted molar refractivity (Wildman–Crippen MR) is 297 cm³/mol. The van der Waals surface area contributed by atoms with E-state index in [0.717, 1.165) is 36.2 Å². The van der Waals surface area contributed by atoms with Gasteiger partial charge in [-0.2, -0.15) is 9.97 Å². The maximum atomic E-state index is 15.0. The van der Waals surface area contributed by atoms with Gasteiger partial charge in [0.2, 0.25) is 5.95 Å². The number of aromatic nitrogens is 7. The van der Waals surface area contributed by atoms with E-state index in [1.54, 1.807) is 4.57 Å². The fraction of sp³-hybridized carbons (Fsp3) is 0.756. The lowest BCUT2D eigenvalue weighted by Gasteiger charge is -2.41. The number of ether oxygens (including phenoxy) is 3. The Kier molecular flexibility index (Phi) is 16.2. The number of anilines is 3. The average molecular weight is 1150 g/mol. The van der Waals surface area contributed by atoms with Crippen molar-refractivity contribution in [3.63, 3.8) is 0 Å². The molecule has 2 bridgehead atoms. The van der Waals surface area contributed by atoms with E-state index in [1.165, 1.54) is 12.7 Å². The third kappa shape index (κ3) is 12.0. The van der Waals surface area contributed by atoms with Crippen LogP contribution in [0.2, 0.25) is 54.4 Å². The van der Waals surface area contributed by atoms with Crippen LogP contribution in [0.3, 0.4) is 0 Å². The van der Waals surface area contributed by atoms with Gasteiger partial charge in [-0.05, 0) is 59.7 Å². The van der Waals surface area contributed by atoms with Gasteiger partial charge >= 0.3 is 13.6 Å². The van der Waals surface area contributed by atoms with Gasteiger partial charge in [-0.25, -0.2) is 24.1 Å². The topological polar surface area (TPSA) is 242 Å². The molecule has 2 unspecified atom stereocenters. The molecule has 10 atom stereocenters. The molecule has 4 aliphatic rings. The molecule has 28 heteroatoms.